The SMILES string of the molecule is CCNC(=O)C(N)(Nc1ccc(OCCCC(=O)O)cc1)C(C)=O. The lowest BCUT2D eigenvalue weighted by Gasteiger charge is -2.27. The highest BCUT2D eigenvalue weighted by atomic mass is 16.5. The molecule has 0 saturated heterocycles. The summed E-state index contributed by atoms with van der Waals surface area (Å²) in [6.45, 7) is 3.61. The van der Waals surface area contributed by atoms with E-state index in [0.717, 1.165) is 0 Å². The maximum absolute atomic E-state index is 12.0. The van der Waals surface area contributed by atoms with Crippen molar-refractivity contribution < 1.29 is 24.2 Å². The van der Waals surface area contributed by atoms with Crippen molar-refractivity contribution in [2.24, 2.45) is 5.73 Å². The third-order valence-corrected chi connectivity index (χ3v) is 3.25. The van der Waals surface area contributed by atoms with E-state index in [1.54, 1.807) is 31.2 Å². The van der Waals surface area contributed by atoms with Crippen molar-refractivity contribution in [1.82, 2.24) is 5.32 Å². The van der Waals surface area contributed by atoms with Crippen LogP contribution in [0.4, 0.5) is 5.69 Å². The number of rotatable bonds is 10. The zero-order valence-electron chi connectivity index (χ0n) is 13.8. The van der Waals surface area contributed by atoms with Crippen molar-refractivity contribution >= 4 is 23.3 Å². The van der Waals surface area contributed by atoms with Gasteiger partial charge in [-0.25, -0.2) is 0 Å². The van der Waals surface area contributed by atoms with Crippen LogP contribution in [0.2, 0.25) is 0 Å². The van der Waals surface area contributed by atoms with E-state index in [-0.39, 0.29) is 13.0 Å². The van der Waals surface area contributed by atoms with Crippen molar-refractivity contribution in [1.29, 1.82) is 0 Å². The number of ether oxygens (including phenoxy) is 1. The number of nitrogens with two attached hydrogens (primary N) is 1. The Morgan fingerprint density at radius 2 is 1.88 bits per heavy atom. The van der Waals surface area contributed by atoms with Crippen LogP contribution in [0.5, 0.6) is 5.75 Å². The first-order valence-electron chi connectivity index (χ1n) is 7.60. The Balaban J connectivity index is 2.68. The van der Waals surface area contributed by atoms with Gasteiger partial charge in [0.15, 0.2) is 5.78 Å². The fourth-order valence-electron chi connectivity index (χ4n) is 1.88. The highest BCUT2D eigenvalue weighted by Crippen LogP contribution is 2.19. The summed E-state index contributed by atoms with van der Waals surface area (Å²) in [6.07, 6.45) is 0.448. The van der Waals surface area contributed by atoms with Gasteiger partial charge in [-0.15, -0.1) is 0 Å². The molecule has 0 aliphatic heterocycles. The van der Waals surface area contributed by atoms with Gasteiger partial charge in [0.05, 0.1) is 6.61 Å². The number of aliphatic carboxylic acids is 1. The van der Waals surface area contributed by atoms with Gasteiger partial charge in [0, 0.05) is 18.7 Å². The van der Waals surface area contributed by atoms with E-state index in [2.05, 4.69) is 10.6 Å². The number of hydrogen-bond donors (Lipinski definition) is 4. The molecule has 1 amide bonds. The van der Waals surface area contributed by atoms with E-state index in [9.17, 15) is 14.4 Å². The first kappa shape index (κ1) is 19.4. The number of hydrogen-bond acceptors (Lipinski definition) is 6. The molecular weight excluding hydrogens is 314 g/mol. The van der Waals surface area contributed by atoms with E-state index < -0.39 is 23.3 Å². The first-order chi connectivity index (χ1) is 11.3. The van der Waals surface area contributed by atoms with Gasteiger partial charge in [-0.2, -0.15) is 0 Å². The number of ketones is 1. The molecule has 0 bridgehead atoms. The van der Waals surface area contributed by atoms with Crippen LogP contribution in [-0.2, 0) is 14.4 Å². The Labute approximate surface area is 140 Å². The van der Waals surface area contributed by atoms with Gasteiger partial charge < -0.3 is 20.5 Å². The van der Waals surface area contributed by atoms with E-state index in [4.69, 9.17) is 15.6 Å². The summed E-state index contributed by atoms with van der Waals surface area (Å²) >= 11 is 0. The van der Waals surface area contributed by atoms with Gasteiger partial charge in [0.2, 0.25) is 5.66 Å². The maximum Gasteiger partial charge on any atom is 0.303 e. The highest BCUT2D eigenvalue weighted by Gasteiger charge is 2.38. The minimum Gasteiger partial charge on any atom is -0.494 e. The number of carbonyl (C=O) groups is 3. The summed E-state index contributed by atoms with van der Waals surface area (Å²) in [7, 11) is 0. The predicted molar refractivity (Wildman–Crippen MR) is 88.7 cm³/mol. The molecule has 0 saturated carbocycles. The molecule has 5 N–H and O–H groups in total. The fraction of sp³-hybridized carbons (Fsp3) is 0.438. The number of carboxylic acids is 1. The smallest absolute Gasteiger partial charge is 0.303 e. The van der Waals surface area contributed by atoms with Crippen LogP contribution >= 0.6 is 0 Å². The van der Waals surface area contributed by atoms with Gasteiger partial charge >= 0.3 is 5.97 Å². The van der Waals surface area contributed by atoms with E-state index in [0.29, 0.717) is 24.4 Å². The molecule has 1 unspecified atom stereocenters. The second-order valence-electron chi connectivity index (χ2n) is 5.22. The quantitative estimate of drug-likeness (QED) is 0.281. The number of carboxylic acid groups (broad SMARTS) is 1. The number of carbonyl (C=O) groups excluding carboxylic acids is 2. The topological polar surface area (TPSA) is 131 Å². The van der Waals surface area contributed by atoms with Crippen LogP contribution in [0, 0.1) is 0 Å². The summed E-state index contributed by atoms with van der Waals surface area (Å²) in [4.78, 5) is 34.2. The molecule has 8 nitrogen and oxygen atoms in total. The lowest BCUT2D eigenvalue weighted by atomic mass is 10.1. The molecule has 0 aliphatic carbocycles. The summed E-state index contributed by atoms with van der Waals surface area (Å²) in [5.41, 5.74) is 4.54. The van der Waals surface area contributed by atoms with Gasteiger partial charge in [-0.05, 0) is 44.5 Å². The molecule has 0 aromatic heterocycles. The lowest BCUT2D eigenvalue weighted by molar-refractivity contribution is -0.137. The van der Waals surface area contributed by atoms with Gasteiger partial charge in [-0.1, -0.05) is 0 Å². The molecule has 8 heteroatoms. The largest absolute Gasteiger partial charge is 0.494 e. The standard InChI is InChI=1S/C16H23N3O5/c1-3-18-15(23)16(17,11(2)20)19-12-6-8-13(9-7-12)24-10-4-5-14(21)22/h6-9,19H,3-5,10,17H2,1-2H3,(H,18,23)(H,21,22). The Morgan fingerprint density at radius 1 is 1.25 bits per heavy atom. The summed E-state index contributed by atoms with van der Waals surface area (Å²) in [5, 5.41) is 13.8. The minimum absolute atomic E-state index is 0.0421. The number of likely N-dealkylation sites (N-methyl/N-ethyl adjacent to an activating group) is 1. The molecule has 1 rings (SSSR count). The molecule has 1 aromatic rings. The molecule has 24 heavy (non-hydrogen) atoms. The normalized spacial score (nSPS) is 12.8. The van der Waals surface area contributed by atoms with Crippen molar-refractivity contribution in [2.45, 2.75) is 32.4 Å². The van der Waals surface area contributed by atoms with E-state index in [1.165, 1.54) is 6.92 Å². The van der Waals surface area contributed by atoms with Gasteiger partial charge in [0.1, 0.15) is 5.75 Å². The number of amides is 1. The average Bonchev–Trinajstić information content (AvgIpc) is 2.52. The Bertz CT molecular complexity index is 588. The summed E-state index contributed by atoms with van der Waals surface area (Å²) in [6, 6.07) is 6.52. The first-order valence-corrected chi connectivity index (χ1v) is 7.60. The molecule has 0 radical (unpaired) electrons. The Hall–Kier alpha value is -2.61. The van der Waals surface area contributed by atoms with E-state index in [1.807, 2.05) is 0 Å². The molecule has 0 heterocycles. The molecule has 132 valence electrons. The minimum atomic E-state index is -1.85. The van der Waals surface area contributed by atoms with Gasteiger partial charge in [-0.3, -0.25) is 20.1 Å². The van der Waals surface area contributed by atoms with Crippen molar-refractivity contribution in [3.8, 4) is 5.75 Å². The zero-order valence-corrected chi connectivity index (χ0v) is 13.8. The fourth-order valence-corrected chi connectivity index (χ4v) is 1.88. The third-order valence-electron chi connectivity index (χ3n) is 3.25. The maximum atomic E-state index is 12.0. The predicted octanol–water partition coefficient (Wildman–Crippen LogP) is 0.722. The molecule has 1 atom stereocenters. The molecule has 0 spiro atoms. The summed E-state index contributed by atoms with van der Waals surface area (Å²) in [5.74, 6) is -1.43. The van der Waals surface area contributed by atoms with E-state index >= 15 is 0 Å². The van der Waals surface area contributed by atoms with Crippen LogP contribution in [-0.4, -0.2) is 41.6 Å². The number of benzene rings is 1. The highest BCUT2D eigenvalue weighted by molar-refractivity contribution is 6.11. The second-order valence-corrected chi connectivity index (χ2v) is 5.22. The van der Waals surface area contributed by atoms with Crippen LogP contribution in [0.25, 0.3) is 0 Å². The monoisotopic (exact) mass is 337 g/mol. The van der Waals surface area contributed by atoms with Gasteiger partial charge in [0.25, 0.3) is 5.91 Å². The average molecular weight is 337 g/mol. The van der Waals surface area contributed by atoms with Crippen molar-refractivity contribution in [3.05, 3.63) is 24.3 Å². The van der Waals surface area contributed by atoms with Crippen LogP contribution in [0.3, 0.4) is 0 Å². The third kappa shape index (κ3) is 5.54. The zero-order chi connectivity index (χ0) is 18.2. The Kier molecular flexibility index (Phi) is 7.19. The molecule has 1 aromatic carbocycles. The number of nitrogens with one attached hydrogen (secondary N) is 2. The van der Waals surface area contributed by atoms with Crippen LogP contribution in [0.1, 0.15) is 26.7 Å². The van der Waals surface area contributed by atoms with Crippen molar-refractivity contribution in [3.63, 3.8) is 0 Å². The number of Topliss-reactive ketones (excluding diaryl/α,β-unsaturated/α-hetero) is 1. The van der Waals surface area contributed by atoms with Crippen LogP contribution in [0.15, 0.2) is 24.3 Å². The molecule has 0 aliphatic rings. The second kappa shape index (κ2) is 8.88. The summed E-state index contributed by atoms with van der Waals surface area (Å²) < 4.78 is 5.41. The number of anilines is 1. The molecular formula is C16H23N3O5. The molecule has 0 fully saturated rings. The Morgan fingerprint density at radius 3 is 2.38 bits per heavy atom. The van der Waals surface area contributed by atoms with Crippen molar-refractivity contribution in [2.75, 3.05) is 18.5 Å². The lowest BCUT2D eigenvalue weighted by Crippen LogP contribution is -2.64. The van der Waals surface area contributed by atoms with Crippen LogP contribution < -0.4 is 21.1 Å².